The first kappa shape index (κ1) is 19.9. The van der Waals surface area contributed by atoms with E-state index >= 15 is 0 Å². The highest BCUT2D eigenvalue weighted by atomic mass is 35.5. The first-order valence-corrected chi connectivity index (χ1v) is 8.24. The summed E-state index contributed by atoms with van der Waals surface area (Å²) in [6, 6.07) is 8.58. The SMILES string of the molecule is CCC(N)(CC)CNS(=O)(=O)Cc1cccc(C#N)c1.Cl. The second kappa shape index (κ2) is 8.35. The number of halogens is 1. The molecule has 3 N–H and O–H groups in total. The summed E-state index contributed by atoms with van der Waals surface area (Å²) in [5.41, 5.74) is 6.60. The fourth-order valence-corrected chi connectivity index (χ4v) is 2.98. The molecule has 5 nitrogen and oxygen atoms in total. The third-order valence-corrected chi connectivity index (χ3v) is 4.76. The molecule has 0 aliphatic rings. The number of nitriles is 1. The Balaban J connectivity index is 0.00000400. The van der Waals surface area contributed by atoms with Crippen LogP contribution in [-0.2, 0) is 15.8 Å². The Morgan fingerprint density at radius 2 is 1.95 bits per heavy atom. The van der Waals surface area contributed by atoms with Gasteiger partial charge in [-0.05, 0) is 30.5 Å². The van der Waals surface area contributed by atoms with Crippen molar-refractivity contribution in [3.8, 4) is 6.07 Å². The third-order valence-electron chi connectivity index (χ3n) is 3.47. The average Bonchev–Trinajstić information content (AvgIpc) is 2.44. The molecule has 0 atom stereocenters. The van der Waals surface area contributed by atoms with Crippen LogP contribution in [0, 0.1) is 11.3 Å². The topological polar surface area (TPSA) is 96.0 Å². The zero-order valence-electron chi connectivity index (χ0n) is 12.3. The molecule has 0 aliphatic heterocycles. The molecule has 0 spiro atoms. The van der Waals surface area contributed by atoms with Gasteiger partial charge in [0, 0.05) is 12.1 Å². The lowest BCUT2D eigenvalue weighted by atomic mass is 9.95. The van der Waals surface area contributed by atoms with Crippen LogP contribution in [0.3, 0.4) is 0 Å². The van der Waals surface area contributed by atoms with Crippen molar-refractivity contribution in [3.63, 3.8) is 0 Å². The van der Waals surface area contributed by atoms with Gasteiger partial charge in [-0.1, -0.05) is 26.0 Å². The molecular weight excluding hydrogens is 310 g/mol. The summed E-state index contributed by atoms with van der Waals surface area (Å²) in [6.45, 7) is 4.10. The molecule has 0 heterocycles. The molecule has 0 unspecified atom stereocenters. The minimum Gasteiger partial charge on any atom is -0.324 e. The lowest BCUT2D eigenvalue weighted by molar-refractivity contribution is 0.391. The summed E-state index contributed by atoms with van der Waals surface area (Å²) >= 11 is 0. The summed E-state index contributed by atoms with van der Waals surface area (Å²) < 4.78 is 26.6. The molecule has 0 saturated carbocycles. The normalized spacial score (nSPS) is 11.5. The van der Waals surface area contributed by atoms with E-state index in [9.17, 15) is 8.42 Å². The van der Waals surface area contributed by atoms with Crippen LogP contribution in [0.5, 0.6) is 0 Å². The van der Waals surface area contributed by atoms with Gasteiger partial charge in [0.1, 0.15) is 0 Å². The van der Waals surface area contributed by atoms with Crippen molar-refractivity contribution >= 4 is 22.4 Å². The predicted octanol–water partition coefficient (Wildman–Crippen LogP) is 1.92. The standard InChI is InChI=1S/C14H21N3O2S.ClH/c1-3-14(16,4-2)11-17-20(18,19)10-13-7-5-6-12(8-13)9-15;/h5-8,17H,3-4,10-11,16H2,1-2H3;1H. The number of nitrogens with one attached hydrogen (secondary N) is 1. The largest absolute Gasteiger partial charge is 0.324 e. The van der Waals surface area contributed by atoms with Gasteiger partial charge < -0.3 is 5.73 Å². The van der Waals surface area contributed by atoms with Gasteiger partial charge in [0.25, 0.3) is 0 Å². The Bertz CT molecular complexity index is 592. The fourth-order valence-electron chi connectivity index (χ4n) is 1.75. The van der Waals surface area contributed by atoms with Crippen molar-refractivity contribution in [2.24, 2.45) is 5.73 Å². The molecule has 0 aromatic heterocycles. The zero-order chi connectivity index (χ0) is 15.2. The van der Waals surface area contributed by atoms with E-state index in [2.05, 4.69) is 4.72 Å². The van der Waals surface area contributed by atoms with Crippen LogP contribution in [0.1, 0.15) is 37.8 Å². The van der Waals surface area contributed by atoms with Gasteiger partial charge in [0.15, 0.2) is 0 Å². The van der Waals surface area contributed by atoms with Gasteiger partial charge in [0.05, 0.1) is 17.4 Å². The maximum Gasteiger partial charge on any atom is 0.215 e. The highest BCUT2D eigenvalue weighted by Crippen LogP contribution is 2.12. The van der Waals surface area contributed by atoms with Crippen LogP contribution in [-0.4, -0.2) is 20.5 Å². The van der Waals surface area contributed by atoms with Crippen molar-refractivity contribution in [1.29, 1.82) is 5.26 Å². The molecule has 7 heteroatoms. The van der Waals surface area contributed by atoms with Crippen molar-refractivity contribution in [1.82, 2.24) is 4.72 Å². The number of sulfonamides is 1. The second-order valence-electron chi connectivity index (χ2n) is 4.96. The summed E-state index contributed by atoms with van der Waals surface area (Å²) in [5, 5.41) is 8.80. The van der Waals surface area contributed by atoms with Crippen LogP contribution in [0.2, 0.25) is 0 Å². The molecule has 118 valence electrons. The van der Waals surface area contributed by atoms with Crippen LogP contribution in [0.25, 0.3) is 0 Å². The molecular formula is C14H22ClN3O2S. The van der Waals surface area contributed by atoms with E-state index in [-0.39, 0.29) is 24.7 Å². The molecule has 1 aromatic rings. The highest BCUT2D eigenvalue weighted by Gasteiger charge is 2.23. The molecule has 0 bridgehead atoms. The molecule has 0 fully saturated rings. The molecule has 0 saturated heterocycles. The highest BCUT2D eigenvalue weighted by molar-refractivity contribution is 7.88. The van der Waals surface area contributed by atoms with Gasteiger partial charge in [-0.15, -0.1) is 12.4 Å². The van der Waals surface area contributed by atoms with E-state index in [0.717, 1.165) is 0 Å². The number of nitrogens with zero attached hydrogens (tertiary/aromatic N) is 1. The Morgan fingerprint density at radius 1 is 1.33 bits per heavy atom. The number of hydrogen-bond acceptors (Lipinski definition) is 4. The quantitative estimate of drug-likeness (QED) is 0.797. The maximum atomic E-state index is 12.0. The number of rotatable bonds is 7. The number of benzene rings is 1. The predicted molar refractivity (Wildman–Crippen MR) is 86.5 cm³/mol. The zero-order valence-corrected chi connectivity index (χ0v) is 13.9. The Morgan fingerprint density at radius 3 is 2.48 bits per heavy atom. The van der Waals surface area contributed by atoms with Gasteiger partial charge in [0.2, 0.25) is 10.0 Å². The van der Waals surface area contributed by atoms with E-state index in [0.29, 0.717) is 24.0 Å². The first-order valence-electron chi connectivity index (χ1n) is 6.59. The smallest absolute Gasteiger partial charge is 0.215 e. The van der Waals surface area contributed by atoms with Crippen LogP contribution in [0.4, 0.5) is 0 Å². The first-order chi connectivity index (χ1) is 9.34. The summed E-state index contributed by atoms with van der Waals surface area (Å²) in [6.07, 6.45) is 1.41. The fraction of sp³-hybridized carbons (Fsp3) is 0.500. The molecule has 0 radical (unpaired) electrons. The number of hydrogen-bond donors (Lipinski definition) is 2. The third kappa shape index (κ3) is 6.44. The minimum atomic E-state index is -3.45. The number of nitrogens with two attached hydrogens (primary N) is 1. The monoisotopic (exact) mass is 331 g/mol. The van der Waals surface area contributed by atoms with Gasteiger partial charge >= 0.3 is 0 Å². The van der Waals surface area contributed by atoms with Crippen LogP contribution >= 0.6 is 12.4 Å². The van der Waals surface area contributed by atoms with Crippen molar-refractivity contribution in [2.45, 2.75) is 38.0 Å². The lowest BCUT2D eigenvalue weighted by Crippen LogP contribution is -2.49. The van der Waals surface area contributed by atoms with Crippen molar-refractivity contribution in [2.75, 3.05) is 6.54 Å². The van der Waals surface area contributed by atoms with E-state index in [1.54, 1.807) is 24.3 Å². The van der Waals surface area contributed by atoms with Gasteiger partial charge in [-0.3, -0.25) is 0 Å². The van der Waals surface area contributed by atoms with Crippen LogP contribution in [0.15, 0.2) is 24.3 Å². The Kier molecular flexibility index (Phi) is 7.90. The summed E-state index contributed by atoms with van der Waals surface area (Å²) in [4.78, 5) is 0. The summed E-state index contributed by atoms with van der Waals surface area (Å²) in [7, 11) is -3.45. The van der Waals surface area contributed by atoms with Crippen molar-refractivity contribution < 1.29 is 8.42 Å². The van der Waals surface area contributed by atoms with E-state index in [1.807, 2.05) is 19.9 Å². The molecule has 0 aliphatic carbocycles. The molecule has 0 amide bonds. The average molecular weight is 332 g/mol. The van der Waals surface area contributed by atoms with Crippen LogP contribution < -0.4 is 10.5 Å². The molecule has 1 aromatic carbocycles. The van der Waals surface area contributed by atoms with Gasteiger partial charge in [-0.25, -0.2) is 13.1 Å². The Hall–Kier alpha value is -1.13. The van der Waals surface area contributed by atoms with E-state index < -0.39 is 15.6 Å². The van der Waals surface area contributed by atoms with Gasteiger partial charge in [-0.2, -0.15) is 5.26 Å². The van der Waals surface area contributed by atoms with Crippen molar-refractivity contribution in [3.05, 3.63) is 35.4 Å². The maximum absolute atomic E-state index is 12.0. The van der Waals surface area contributed by atoms with E-state index in [4.69, 9.17) is 11.0 Å². The second-order valence-corrected chi connectivity index (χ2v) is 6.77. The Labute approximate surface area is 133 Å². The van der Waals surface area contributed by atoms with E-state index in [1.165, 1.54) is 0 Å². The molecule has 1 rings (SSSR count). The molecule has 21 heavy (non-hydrogen) atoms. The summed E-state index contributed by atoms with van der Waals surface area (Å²) in [5.74, 6) is -0.147. The minimum absolute atomic E-state index is 0. The lowest BCUT2D eigenvalue weighted by Gasteiger charge is -2.26.